The van der Waals surface area contributed by atoms with Crippen LogP contribution in [0.3, 0.4) is 0 Å². The summed E-state index contributed by atoms with van der Waals surface area (Å²) in [5.74, 6) is 0.800. The topological polar surface area (TPSA) is 48.1 Å². The Balaban J connectivity index is 2.15. The minimum atomic E-state index is -4.44. The number of halogens is 3. The second-order valence-corrected chi connectivity index (χ2v) is 5.77. The summed E-state index contributed by atoms with van der Waals surface area (Å²) in [7, 11) is 0. The fourth-order valence-corrected chi connectivity index (χ4v) is 2.89. The average Bonchev–Trinajstić information content (AvgIpc) is 2.25. The van der Waals surface area contributed by atoms with Crippen molar-refractivity contribution in [3.63, 3.8) is 0 Å². The summed E-state index contributed by atoms with van der Waals surface area (Å²) >= 11 is 0. The van der Waals surface area contributed by atoms with Gasteiger partial charge in [0.1, 0.15) is 11.9 Å². The summed E-state index contributed by atoms with van der Waals surface area (Å²) in [6.07, 6.45) is -1.74. The normalized spacial score (nSPS) is 27.4. The number of rotatable bonds is 2. The molecule has 1 aromatic heterocycles. The van der Waals surface area contributed by atoms with Crippen LogP contribution in [0.1, 0.15) is 38.7 Å². The third-order valence-corrected chi connectivity index (χ3v) is 3.57. The molecule has 0 aromatic carbocycles. The van der Waals surface area contributed by atoms with Gasteiger partial charge in [-0.05, 0) is 37.2 Å². The Labute approximate surface area is 116 Å². The van der Waals surface area contributed by atoms with E-state index in [-0.39, 0.29) is 17.8 Å². The average molecular weight is 288 g/mol. The monoisotopic (exact) mass is 288 g/mol. The third kappa shape index (κ3) is 3.77. The van der Waals surface area contributed by atoms with Crippen molar-refractivity contribution in [2.75, 3.05) is 5.73 Å². The van der Waals surface area contributed by atoms with Gasteiger partial charge < -0.3 is 10.5 Å². The van der Waals surface area contributed by atoms with Gasteiger partial charge in [-0.3, -0.25) is 0 Å². The lowest BCUT2D eigenvalue weighted by Gasteiger charge is -2.31. The van der Waals surface area contributed by atoms with Crippen LogP contribution in [0.4, 0.5) is 19.0 Å². The summed E-state index contributed by atoms with van der Waals surface area (Å²) in [5, 5.41) is 0. The van der Waals surface area contributed by atoms with Crippen LogP contribution in [0, 0.1) is 11.8 Å². The third-order valence-electron chi connectivity index (χ3n) is 3.57. The highest BCUT2D eigenvalue weighted by Gasteiger charge is 2.32. The van der Waals surface area contributed by atoms with Crippen LogP contribution in [0.2, 0.25) is 0 Å². The van der Waals surface area contributed by atoms with Crippen LogP contribution < -0.4 is 10.5 Å². The number of alkyl halides is 3. The quantitative estimate of drug-likeness (QED) is 0.898. The second-order valence-electron chi connectivity index (χ2n) is 5.77. The van der Waals surface area contributed by atoms with Crippen molar-refractivity contribution < 1.29 is 17.9 Å². The van der Waals surface area contributed by atoms with E-state index in [1.165, 1.54) is 0 Å². The summed E-state index contributed by atoms with van der Waals surface area (Å²) in [4.78, 5) is 3.85. The van der Waals surface area contributed by atoms with Gasteiger partial charge >= 0.3 is 6.18 Å². The number of hydrogen-bond acceptors (Lipinski definition) is 3. The van der Waals surface area contributed by atoms with Crippen LogP contribution >= 0.6 is 0 Å². The molecule has 1 aromatic rings. The highest BCUT2D eigenvalue weighted by atomic mass is 19.4. The molecular weight excluding hydrogens is 269 g/mol. The molecule has 2 unspecified atom stereocenters. The molecule has 112 valence electrons. The van der Waals surface area contributed by atoms with Crippen molar-refractivity contribution in [1.29, 1.82) is 0 Å². The van der Waals surface area contributed by atoms with Gasteiger partial charge in [-0.25, -0.2) is 0 Å². The van der Waals surface area contributed by atoms with E-state index in [0.717, 1.165) is 31.4 Å². The summed E-state index contributed by atoms with van der Waals surface area (Å²) < 4.78 is 43.8. The first-order valence-electron chi connectivity index (χ1n) is 6.75. The number of hydrogen-bond donors (Lipinski definition) is 1. The van der Waals surface area contributed by atoms with Gasteiger partial charge in [0.2, 0.25) is 5.88 Å². The molecule has 0 amide bonds. The van der Waals surface area contributed by atoms with E-state index in [1.54, 1.807) is 0 Å². The highest BCUT2D eigenvalue weighted by Crippen LogP contribution is 2.34. The Kier molecular flexibility index (Phi) is 4.11. The van der Waals surface area contributed by atoms with Crippen molar-refractivity contribution in [2.45, 2.75) is 45.4 Å². The van der Waals surface area contributed by atoms with E-state index in [2.05, 4.69) is 18.8 Å². The van der Waals surface area contributed by atoms with E-state index < -0.39 is 11.7 Å². The molecule has 20 heavy (non-hydrogen) atoms. The fourth-order valence-electron chi connectivity index (χ4n) is 2.89. The minimum Gasteiger partial charge on any atom is -0.474 e. The molecule has 1 aliphatic carbocycles. The molecule has 1 aliphatic rings. The summed E-state index contributed by atoms with van der Waals surface area (Å²) in [6, 6.07) is 1.74. The van der Waals surface area contributed by atoms with E-state index in [4.69, 9.17) is 10.5 Å². The van der Waals surface area contributed by atoms with Gasteiger partial charge in [-0.15, -0.1) is 0 Å². The molecule has 6 heteroatoms. The SMILES string of the molecule is CC1CC(C)CC(Oc2cc(C(F)(F)F)cc(N)n2)C1. The number of pyridine rings is 1. The fraction of sp³-hybridized carbons (Fsp3) is 0.643. The first-order valence-corrected chi connectivity index (χ1v) is 6.75. The molecule has 0 saturated heterocycles. The zero-order chi connectivity index (χ0) is 14.9. The maximum absolute atomic E-state index is 12.7. The molecule has 2 rings (SSSR count). The van der Waals surface area contributed by atoms with Crippen molar-refractivity contribution in [1.82, 2.24) is 4.98 Å². The highest BCUT2D eigenvalue weighted by molar-refractivity contribution is 5.38. The van der Waals surface area contributed by atoms with Gasteiger partial charge in [-0.2, -0.15) is 18.2 Å². The number of anilines is 1. The molecule has 0 aliphatic heterocycles. The second kappa shape index (κ2) is 5.50. The van der Waals surface area contributed by atoms with Crippen LogP contribution in [0.25, 0.3) is 0 Å². The Morgan fingerprint density at radius 3 is 2.30 bits per heavy atom. The lowest BCUT2D eigenvalue weighted by molar-refractivity contribution is -0.137. The number of nitrogen functional groups attached to an aromatic ring is 1. The Morgan fingerprint density at radius 1 is 1.15 bits per heavy atom. The Bertz CT molecular complexity index is 466. The molecule has 3 nitrogen and oxygen atoms in total. The van der Waals surface area contributed by atoms with Crippen molar-refractivity contribution >= 4 is 5.82 Å². The molecule has 0 radical (unpaired) electrons. The Hall–Kier alpha value is -1.46. The van der Waals surface area contributed by atoms with Crippen molar-refractivity contribution in [3.8, 4) is 5.88 Å². The smallest absolute Gasteiger partial charge is 0.416 e. The molecule has 1 fully saturated rings. The summed E-state index contributed by atoms with van der Waals surface area (Å²) in [5.41, 5.74) is 4.60. The van der Waals surface area contributed by atoms with Crippen LogP contribution in [0.5, 0.6) is 5.88 Å². The molecule has 0 spiro atoms. The number of nitrogens with zero attached hydrogens (tertiary/aromatic N) is 1. The molecule has 2 atom stereocenters. The molecule has 2 N–H and O–H groups in total. The predicted octanol–water partition coefficient (Wildman–Crippen LogP) is 3.89. The van der Waals surface area contributed by atoms with Crippen LogP contribution in [-0.2, 0) is 6.18 Å². The molecular formula is C14H19F3N2O. The first-order chi connectivity index (χ1) is 9.24. The van der Waals surface area contributed by atoms with Crippen LogP contribution in [-0.4, -0.2) is 11.1 Å². The van der Waals surface area contributed by atoms with Gasteiger partial charge in [0, 0.05) is 6.07 Å². The predicted molar refractivity (Wildman–Crippen MR) is 70.2 cm³/mol. The minimum absolute atomic E-state index is 0.0383. The van der Waals surface area contributed by atoms with Crippen LogP contribution in [0.15, 0.2) is 12.1 Å². The molecule has 1 saturated carbocycles. The van der Waals surface area contributed by atoms with E-state index >= 15 is 0 Å². The molecule has 1 heterocycles. The zero-order valence-corrected chi connectivity index (χ0v) is 11.6. The van der Waals surface area contributed by atoms with Gasteiger partial charge in [-0.1, -0.05) is 13.8 Å². The van der Waals surface area contributed by atoms with Gasteiger partial charge in [0.15, 0.2) is 0 Å². The number of ether oxygens (including phenoxy) is 1. The van der Waals surface area contributed by atoms with E-state index in [9.17, 15) is 13.2 Å². The van der Waals surface area contributed by atoms with E-state index in [0.29, 0.717) is 11.8 Å². The number of aromatic nitrogens is 1. The van der Waals surface area contributed by atoms with E-state index in [1.807, 2.05) is 0 Å². The summed E-state index contributed by atoms with van der Waals surface area (Å²) in [6.45, 7) is 4.25. The largest absolute Gasteiger partial charge is 0.474 e. The van der Waals surface area contributed by atoms with Crippen molar-refractivity contribution in [2.24, 2.45) is 11.8 Å². The lowest BCUT2D eigenvalue weighted by Crippen LogP contribution is -2.29. The maximum Gasteiger partial charge on any atom is 0.416 e. The lowest BCUT2D eigenvalue weighted by atomic mass is 9.82. The molecule has 0 bridgehead atoms. The maximum atomic E-state index is 12.7. The first kappa shape index (κ1) is 14.9. The van der Waals surface area contributed by atoms with Gasteiger partial charge in [0.25, 0.3) is 0 Å². The number of nitrogens with two attached hydrogens (primary N) is 1. The zero-order valence-electron chi connectivity index (χ0n) is 11.6. The Morgan fingerprint density at radius 2 is 1.75 bits per heavy atom. The van der Waals surface area contributed by atoms with Crippen molar-refractivity contribution in [3.05, 3.63) is 17.7 Å². The van der Waals surface area contributed by atoms with Gasteiger partial charge in [0.05, 0.1) is 5.56 Å². The standard InChI is InChI=1S/C14H19F3N2O/c1-8-3-9(2)5-11(4-8)20-13-7-10(14(15,16)17)6-12(18)19-13/h6-9,11H,3-5H2,1-2H3,(H2,18,19).